The number of anilines is 1. The van der Waals surface area contributed by atoms with Crippen LogP contribution in [-0.2, 0) is 13.1 Å². The van der Waals surface area contributed by atoms with Gasteiger partial charge in [0.1, 0.15) is 11.5 Å². The topological polar surface area (TPSA) is 77.2 Å². The second kappa shape index (κ2) is 13.0. The molecule has 1 aromatic heterocycles. The van der Waals surface area contributed by atoms with Crippen molar-refractivity contribution in [3.05, 3.63) is 45.9 Å². The molecular formula is C29H44N6O3. The van der Waals surface area contributed by atoms with Crippen LogP contribution in [-0.4, -0.2) is 97.3 Å². The van der Waals surface area contributed by atoms with Gasteiger partial charge in [0.25, 0.3) is 5.56 Å². The summed E-state index contributed by atoms with van der Waals surface area (Å²) >= 11 is 0. The zero-order valence-corrected chi connectivity index (χ0v) is 23.2. The Bertz CT molecular complexity index is 1070. The molecule has 2 saturated heterocycles. The van der Waals surface area contributed by atoms with E-state index < -0.39 is 0 Å². The molecule has 1 N–H and O–H groups in total. The highest BCUT2D eigenvalue weighted by Crippen LogP contribution is 2.25. The minimum absolute atomic E-state index is 0.0598. The molecule has 3 heterocycles. The van der Waals surface area contributed by atoms with Gasteiger partial charge in [-0.1, -0.05) is 19.3 Å². The summed E-state index contributed by atoms with van der Waals surface area (Å²) in [5.74, 6) is 2.33. The van der Waals surface area contributed by atoms with Crippen molar-refractivity contribution >= 4 is 5.95 Å². The van der Waals surface area contributed by atoms with Gasteiger partial charge in [-0.25, -0.2) is 4.98 Å². The van der Waals surface area contributed by atoms with Crippen LogP contribution in [0.15, 0.2) is 29.1 Å². The monoisotopic (exact) mass is 524 g/mol. The van der Waals surface area contributed by atoms with E-state index in [9.17, 15) is 4.79 Å². The van der Waals surface area contributed by atoms with E-state index in [1.54, 1.807) is 20.3 Å². The smallest absolute Gasteiger partial charge is 0.252 e. The van der Waals surface area contributed by atoms with Gasteiger partial charge in [0.05, 0.1) is 19.9 Å². The van der Waals surface area contributed by atoms with E-state index in [0.717, 1.165) is 95.1 Å². The number of aromatic nitrogens is 2. The van der Waals surface area contributed by atoms with E-state index in [1.807, 2.05) is 6.07 Å². The molecule has 0 unspecified atom stereocenters. The van der Waals surface area contributed by atoms with Crippen LogP contribution in [0.5, 0.6) is 11.5 Å². The summed E-state index contributed by atoms with van der Waals surface area (Å²) in [4.78, 5) is 30.3. The van der Waals surface area contributed by atoms with Gasteiger partial charge < -0.3 is 14.4 Å². The summed E-state index contributed by atoms with van der Waals surface area (Å²) in [6.07, 6.45) is 7.90. The van der Waals surface area contributed by atoms with Gasteiger partial charge in [-0.3, -0.25) is 24.5 Å². The van der Waals surface area contributed by atoms with E-state index in [2.05, 4.69) is 36.7 Å². The average Bonchev–Trinajstić information content (AvgIpc) is 3.19. The average molecular weight is 525 g/mol. The molecule has 0 spiro atoms. The van der Waals surface area contributed by atoms with Crippen LogP contribution in [0.4, 0.5) is 5.95 Å². The van der Waals surface area contributed by atoms with Crippen LogP contribution >= 0.6 is 0 Å². The first-order valence-electron chi connectivity index (χ1n) is 14.4. The molecular weight excluding hydrogens is 480 g/mol. The highest BCUT2D eigenvalue weighted by Gasteiger charge is 2.25. The quantitative estimate of drug-likeness (QED) is 0.565. The van der Waals surface area contributed by atoms with Crippen LogP contribution < -0.4 is 19.9 Å². The largest absolute Gasteiger partial charge is 0.497 e. The maximum Gasteiger partial charge on any atom is 0.252 e. The minimum atomic E-state index is -0.0598. The molecule has 3 fully saturated rings. The number of methoxy groups -OCH3 is 2. The number of ether oxygens (including phenoxy) is 2. The third-order valence-corrected chi connectivity index (χ3v) is 8.37. The molecule has 9 nitrogen and oxygen atoms in total. The van der Waals surface area contributed by atoms with Gasteiger partial charge in [0, 0.05) is 83.6 Å². The molecule has 1 saturated carbocycles. The lowest BCUT2D eigenvalue weighted by Crippen LogP contribution is -2.50. The summed E-state index contributed by atoms with van der Waals surface area (Å²) in [5.41, 5.74) is 1.99. The Labute approximate surface area is 226 Å². The number of aromatic amines is 1. The molecule has 5 rings (SSSR count). The first-order chi connectivity index (χ1) is 18.6. The van der Waals surface area contributed by atoms with Crippen molar-refractivity contribution in [1.29, 1.82) is 0 Å². The molecule has 1 aromatic carbocycles. The molecule has 0 radical (unpaired) electrons. The van der Waals surface area contributed by atoms with Crippen molar-refractivity contribution in [3.63, 3.8) is 0 Å². The van der Waals surface area contributed by atoms with E-state index in [1.165, 1.54) is 37.7 Å². The number of hydrogen-bond donors (Lipinski definition) is 1. The second-order valence-electron chi connectivity index (χ2n) is 11.0. The maximum atomic E-state index is 12.6. The van der Waals surface area contributed by atoms with Crippen molar-refractivity contribution in [2.45, 2.75) is 57.7 Å². The fourth-order valence-electron chi connectivity index (χ4n) is 6.24. The van der Waals surface area contributed by atoms with Gasteiger partial charge in [0.15, 0.2) is 0 Å². The predicted octanol–water partition coefficient (Wildman–Crippen LogP) is 2.95. The molecule has 38 heavy (non-hydrogen) atoms. The number of rotatable bonds is 8. The van der Waals surface area contributed by atoms with Crippen LogP contribution in [0, 0.1) is 0 Å². The molecule has 2 aromatic rings. The number of nitrogens with zero attached hydrogens (tertiary/aromatic N) is 5. The van der Waals surface area contributed by atoms with Crippen molar-refractivity contribution in [1.82, 2.24) is 24.7 Å². The normalized spacial score (nSPS) is 20.8. The lowest BCUT2D eigenvalue weighted by molar-refractivity contribution is 0.0749. The molecule has 3 aliphatic rings. The van der Waals surface area contributed by atoms with E-state index in [4.69, 9.17) is 14.5 Å². The first-order valence-corrected chi connectivity index (χ1v) is 14.4. The van der Waals surface area contributed by atoms with Crippen LogP contribution in [0.2, 0.25) is 0 Å². The Morgan fingerprint density at radius 2 is 1.47 bits per heavy atom. The summed E-state index contributed by atoms with van der Waals surface area (Å²) < 4.78 is 10.9. The highest BCUT2D eigenvalue weighted by molar-refractivity contribution is 5.38. The number of hydrogen-bond acceptors (Lipinski definition) is 8. The van der Waals surface area contributed by atoms with Crippen LogP contribution in [0.3, 0.4) is 0 Å². The Morgan fingerprint density at radius 3 is 2.18 bits per heavy atom. The number of benzene rings is 1. The summed E-state index contributed by atoms with van der Waals surface area (Å²) in [6.45, 7) is 9.52. The lowest BCUT2D eigenvalue weighted by atomic mass is 9.94. The first kappa shape index (κ1) is 27.0. The zero-order valence-electron chi connectivity index (χ0n) is 23.2. The highest BCUT2D eigenvalue weighted by atomic mass is 16.5. The van der Waals surface area contributed by atoms with Crippen molar-refractivity contribution in [2.24, 2.45) is 0 Å². The second-order valence-corrected chi connectivity index (χ2v) is 11.0. The van der Waals surface area contributed by atoms with Gasteiger partial charge in [-0.15, -0.1) is 0 Å². The van der Waals surface area contributed by atoms with E-state index in [0.29, 0.717) is 5.95 Å². The summed E-state index contributed by atoms with van der Waals surface area (Å²) in [5, 5.41) is 0. The third kappa shape index (κ3) is 7.07. The zero-order chi connectivity index (χ0) is 26.3. The molecule has 0 atom stereocenters. The van der Waals surface area contributed by atoms with Crippen molar-refractivity contribution in [3.8, 4) is 11.5 Å². The SMILES string of the molecule is COc1cc(CN2CCCN(c3nc(CN4CCN(C5CCCCC5)CC4)cc(=O)[nH]3)CC2)cc(OC)c1. The van der Waals surface area contributed by atoms with Gasteiger partial charge >= 0.3 is 0 Å². The molecule has 2 aliphatic heterocycles. The summed E-state index contributed by atoms with van der Waals surface area (Å²) in [6, 6.07) is 8.51. The Balaban J connectivity index is 1.16. The Kier molecular flexibility index (Phi) is 9.19. The minimum Gasteiger partial charge on any atom is -0.497 e. The molecule has 0 bridgehead atoms. The van der Waals surface area contributed by atoms with E-state index in [-0.39, 0.29) is 5.56 Å². The number of nitrogens with one attached hydrogen (secondary N) is 1. The standard InChI is InChI=1S/C29H44N6O3/c1-37-26-17-23(18-27(20-26)38-2)21-32-9-6-10-35(16-13-32)29-30-24(19-28(36)31-29)22-33-11-14-34(15-12-33)25-7-4-3-5-8-25/h17-20,25H,3-16,21-22H2,1-2H3,(H,30,31,36). The lowest BCUT2D eigenvalue weighted by Gasteiger charge is -2.40. The Hall–Kier alpha value is -2.62. The van der Waals surface area contributed by atoms with Gasteiger partial charge in [0.2, 0.25) is 5.95 Å². The van der Waals surface area contributed by atoms with Crippen molar-refractivity contribution < 1.29 is 9.47 Å². The third-order valence-electron chi connectivity index (χ3n) is 8.37. The van der Waals surface area contributed by atoms with Crippen LogP contribution in [0.1, 0.15) is 49.8 Å². The predicted molar refractivity (Wildman–Crippen MR) is 150 cm³/mol. The van der Waals surface area contributed by atoms with Crippen LogP contribution in [0.25, 0.3) is 0 Å². The van der Waals surface area contributed by atoms with Gasteiger partial charge in [-0.2, -0.15) is 0 Å². The Morgan fingerprint density at radius 1 is 0.789 bits per heavy atom. The van der Waals surface area contributed by atoms with Crippen molar-refractivity contribution in [2.75, 3.05) is 71.5 Å². The molecule has 9 heteroatoms. The number of H-pyrrole nitrogens is 1. The van der Waals surface area contributed by atoms with E-state index >= 15 is 0 Å². The van der Waals surface area contributed by atoms with Gasteiger partial charge in [-0.05, 0) is 37.0 Å². The fraction of sp³-hybridized carbons (Fsp3) is 0.655. The molecule has 208 valence electrons. The fourth-order valence-corrected chi connectivity index (χ4v) is 6.24. The number of piperazine rings is 1. The molecule has 0 amide bonds. The summed E-state index contributed by atoms with van der Waals surface area (Å²) in [7, 11) is 3.36. The maximum absolute atomic E-state index is 12.6. The molecule has 1 aliphatic carbocycles.